The SMILES string of the molecule is C1CN2CCN1CC2.CC(C)[CH2][Al]([CH2]C(C)C)[CH2]C(C)C.CC(C)[CH2][Al]([CH2]C(C)C)[CH2]C(C)C. The molecule has 0 aromatic rings. The summed E-state index contributed by atoms with van der Waals surface area (Å²) in [4.78, 5) is 5.08. The van der Waals surface area contributed by atoms with E-state index in [0.717, 1.165) is 35.5 Å². The van der Waals surface area contributed by atoms with E-state index < -0.39 is 28.3 Å². The summed E-state index contributed by atoms with van der Waals surface area (Å²) in [6.07, 6.45) is 0. The van der Waals surface area contributed by atoms with Crippen molar-refractivity contribution in [3.63, 3.8) is 0 Å². The molecule has 0 atom stereocenters. The van der Waals surface area contributed by atoms with Crippen molar-refractivity contribution in [2.45, 2.75) is 115 Å². The maximum Gasteiger partial charge on any atom is 0.262 e. The van der Waals surface area contributed by atoms with Gasteiger partial charge in [0.1, 0.15) is 0 Å². The lowest BCUT2D eigenvalue weighted by Crippen LogP contribution is -2.55. The zero-order chi connectivity index (χ0) is 26.3. The van der Waals surface area contributed by atoms with Gasteiger partial charge in [0.05, 0.1) is 0 Å². The van der Waals surface area contributed by atoms with E-state index in [-0.39, 0.29) is 0 Å². The van der Waals surface area contributed by atoms with Crippen molar-refractivity contribution in [1.29, 1.82) is 0 Å². The minimum absolute atomic E-state index is 0.407. The highest BCUT2D eigenvalue weighted by Crippen LogP contribution is 2.22. The second-order valence-electron chi connectivity index (χ2n) is 14.2. The van der Waals surface area contributed by atoms with Gasteiger partial charge in [-0.1, -0.05) is 150 Å². The Hall–Kier alpha value is 0.985. The maximum absolute atomic E-state index is 2.54. The van der Waals surface area contributed by atoms with Gasteiger partial charge in [0.15, 0.2) is 0 Å². The van der Waals surface area contributed by atoms with Gasteiger partial charge in [0, 0.05) is 39.3 Å². The normalized spacial score (nSPS) is 19.6. The summed E-state index contributed by atoms with van der Waals surface area (Å²) in [5.74, 6) is 5.55. The predicted octanol–water partition coefficient (Wildman–Crippen LogP) is 8.52. The zero-order valence-electron chi connectivity index (χ0n) is 26.0. The van der Waals surface area contributed by atoms with Crippen LogP contribution in [0.3, 0.4) is 0 Å². The van der Waals surface area contributed by atoms with Crippen LogP contribution < -0.4 is 0 Å². The van der Waals surface area contributed by atoms with Gasteiger partial charge in [-0.15, -0.1) is 0 Å². The van der Waals surface area contributed by atoms with Gasteiger partial charge in [0.2, 0.25) is 0 Å². The van der Waals surface area contributed by atoms with Crippen molar-refractivity contribution in [3.05, 3.63) is 0 Å². The largest absolute Gasteiger partial charge is 0.300 e. The molecule has 3 rings (SSSR count). The fourth-order valence-electron chi connectivity index (χ4n) is 6.10. The van der Waals surface area contributed by atoms with Gasteiger partial charge >= 0.3 is 0 Å². The van der Waals surface area contributed by atoms with Crippen LogP contribution in [0.1, 0.15) is 83.1 Å². The van der Waals surface area contributed by atoms with Crippen LogP contribution >= 0.6 is 0 Å². The second-order valence-corrected chi connectivity index (χ2v) is 20.5. The Kier molecular flexibility index (Phi) is 20.6. The lowest BCUT2D eigenvalue weighted by molar-refractivity contribution is 0.0647. The second kappa shape index (κ2) is 20.0. The van der Waals surface area contributed by atoms with Crippen LogP contribution in [0.2, 0.25) is 31.7 Å². The number of fused-ring (bicyclic) bond motifs is 3. The van der Waals surface area contributed by atoms with Gasteiger partial charge < -0.3 is 0 Å². The first kappa shape index (κ1) is 35.0. The van der Waals surface area contributed by atoms with Gasteiger partial charge in [-0.3, -0.25) is 9.80 Å². The van der Waals surface area contributed by atoms with Crippen molar-refractivity contribution >= 4 is 28.3 Å². The molecule has 0 saturated carbocycles. The summed E-state index contributed by atoms with van der Waals surface area (Å²) >= 11 is -0.815. The fourth-order valence-corrected chi connectivity index (χ4v) is 15.3. The van der Waals surface area contributed by atoms with Gasteiger partial charge in [-0.05, 0) is 0 Å². The molecule has 3 saturated heterocycles. The highest BCUT2D eigenvalue weighted by atomic mass is 27.2. The van der Waals surface area contributed by atoms with E-state index in [1.165, 1.54) is 39.3 Å². The fraction of sp³-hybridized carbons (Fsp3) is 1.00. The summed E-state index contributed by atoms with van der Waals surface area (Å²) in [6, 6.07) is 0. The van der Waals surface area contributed by atoms with Crippen LogP contribution in [0.4, 0.5) is 0 Å². The van der Waals surface area contributed by atoms with Crippen molar-refractivity contribution in [2.24, 2.45) is 35.5 Å². The van der Waals surface area contributed by atoms with Gasteiger partial charge in [-0.25, -0.2) is 0 Å². The first-order chi connectivity index (χ1) is 15.8. The Morgan fingerprint density at radius 1 is 0.353 bits per heavy atom. The van der Waals surface area contributed by atoms with E-state index in [4.69, 9.17) is 0 Å². The van der Waals surface area contributed by atoms with E-state index in [9.17, 15) is 0 Å². The molecule has 34 heavy (non-hydrogen) atoms. The smallest absolute Gasteiger partial charge is 0.262 e. The summed E-state index contributed by atoms with van der Waals surface area (Å²) in [7, 11) is 0. The molecule has 2 bridgehead atoms. The van der Waals surface area contributed by atoms with E-state index in [0.29, 0.717) is 0 Å². The minimum atomic E-state index is -0.407. The zero-order valence-corrected chi connectivity index (χ0v) is 28.3. The van der Waals surface area contributed by atoms with Crippen LogP contribution in [-0.2, 0) is 0 Å². The topological polar surface area (TPSA) is 6.48 Å². The first-order valence-corrected chi connectivity index (χ1v) is 20.1. The molecule has 0 aliphatic carbocycles. The molecular formula is C30H66Al2N2. The minimum Gasteiger partial charge on any atom is -0.300 e. The van der Waals surface area contributed by atoms with Crippen LogP contribution in [0.15, 0.2) is 0 Å². The summed E-state index contributed by atoms with van der Waals surface area (Å²) in [5, 5.41) is 9.31. The van der Waals surface area contributed by atoms with Crippen LogP contribution in [0.25, 0.3) is 0 Å². The van der Waals surface area contributed by atoms with Crippen LogP contribution in [0.5, 0.6) is 0 Å². The van der Waals surface area contributed by atoms with Crippen molar-refractivity contribution in [1.82, 2.24) is 9.80 Å². The average molecular weight is 509 g/mol. The molecule has 2 nitrogen and oxygen atoms in total. The molecule has 3 aliphatic rings. The van der Waals surface area contributed by atoms with Crippen LogP contribution in [0, 0.1) is 35.5 Å². The lowest BCUT2D eigenvalue weighted by atomic mass is 10.2. The van der Waals surface area contributed by atoms with E-state index in [1.807, 2.05) is 0 Å². The summed E-state index contributed by atoms with van der Waals surface area (Å²) in [6.45, 7) is 36.4. The Balaban J connectivity index is 0.000000491. The third-order valence-corrected chi connectivity index (χ3v) is 16.7. The Bertz CT molecular complexity index is 354. The highest BCUT2D eigenvalue weighted by Gasteiger charge is 2.22. The number of rotatable bonds is 12. The third-order valence-electron chi connectivity index (χ3n) is 7.03. The molecule has 0 radical (unpaired) electrons. The Morgan fingerprint density at radius 2 is 0.500 bits per heavy atom. The molecule has 202 valence electrons. The molecule has 0 N–H and O–H groups in total. The number of nitrogens with zero attached hydrogens (tertiary/aromatic N) is 2. The van der Waals surface area contributed by atoms with Crippen molar-refractivity contribution in [3.8, 4) is 0 Å². The predicted molar refractivity (Wildman–Crippen MR) is 162 cm³/mol. The summed E-state index contributed by atoms with van der Waals surface area (Å²) in [5.41, 5.74) is 0. The lowest BCUT2D eigenvalue weighted by Gasteiger charge is -2.41. The number of hydrogen-bond donors (Lipinski definition) is 0. The molecule has 3 heterocycles. The maximum atomic E-state index is 2.54. The van der Waals surface area contributed by atoms with Crippen molar-refractivity contribution in [2.75, 3.05) is 39.3 Å². The van der Waals surface area contributed by atoms with Crippen molar-refractivity contribution < 1.29 is 0 Å². The molecule has 3 aliphatic heterocycles. The van der Waals surface area contributed by atoms with E-state index >= 15 is 0 Å². The quantitative estimate of drug-likeness (QED) is 0.244. The average Bonchev–Trinajstić information content (AvgIpc) is 2.67. The molecular weight excluding hydrogens is 442 g/mol. The molecule has 0 aromatic carbocycles. The Labute approximate surface area is 226 Å². The van der Waals surface area contributed by atoms with E-state index in [2.05, 4.69) is 92.9 Å². The van der Waals surface area contributed by atoms with E-state index in [1.54, 1.807) is 31.7 Å². The highest BCUT2D eigenvalue weighted by molar-refractivity contribution is 6.59. The van der Waals surface area contributed by atoms with Gasteiger partial charge in [0.25, 0.3) is 28.3 Å². The number of piperazine rings is 3. The molecule has 0 unspecified atom stereocenters. The molecule has 0 amide bonds. The monoisotopic (exact) mass is 508 g/mol. The molecule has 4 heteroatoms. The molecule has 0 aromatic heterocycles. The standard InChI is InChI=1S/C6H12N2.6C4H9.2Al/c1-2-8-5-3-7(1)4-6-8;6*1-4(2)3;;/h1-6H2;6*4H,1H2,2-3H3;;. The Morgan fingerprint density at radius 3 is 0.588 bits per heavy atom. The third kappa shape index (κ3) is 21.1. The van der Waals surface area contributed by atoms with Crippen LogP contribution in [-0.4, -0.2) is 77.4 Å². The first-order valence-electron chi connectivity index (χ1n) is 15.2. The molecule has 0 spiro atoms. The van der Waals surface area contributed by atoms with Gasteiger partial charge in [-0.2, -0.15) is 0 Å². The number of hydrogen-bond acceptors (Lipinski definition) is 2. The summed E-state index contributed by atoms with van der Waals surface area (Å²) < 4.78 is 0. The molecule has 3 fully saturated rings.